The van der Waals surface area contributed by atoms with E-state index in [2.05, 4.69) is 248 Å². The van der Waals surface area contributed by atoms with E-state index >= 15 is 0 Å². The van der Waals surface area contributed by atoms with Crippen LogP contribution in [0.3, 0.4) is 0 Å². The average molecular weight is 2420 g/mol. The molecular weight excluding hydrogens is 2320 g/mol. The Kier molecular flexibility index (Phi) is 32.6. The largest absolute Gasteiger partial charge is 0.490 e. The molecule has 1 atom stereocenters. The van der Waals surface area contributed by atoms with Crippen molar-refractivity contribution >= 4 is 0 Å². The molecule has 0 fully saturated rings. The number of aromatic nitrogens is 8. The van der Waals surface area contributed by atoms with Gasteiger partial charge in [0.1, 0.15) is 0 Å². The maximum Gasteiger partial charge on any atom is 0.416 e. The van der Waals surface area contributed by atoms with Gasteiger partial charge in [-0.1, -0.05) is 193 Å². The van der Waals surface area contributed by atoms with Crippen LogP contribution in [-0.2, 0) is 97.4 Å². The van der Waals surface area contributed by atoms with Crippen molar-refractivity contribution < 1.29 is 112 Å². The van der Waals surface area contributed by atoms with E-state index in [4.69, 9.17) is 18.3 Å². The monoisotopic (exact) mass is 2420 g/mol. The molecule has 4 radical (unpaired) electrons. The summed E-state index contributed by atoms with van der Waals surface area (Å²) in [6.07, 6.45) is 9.41. The number of ether oxygens (including phenoxy) is 2. The predicted octanol–water partition coefficient (Wildman–Crippen LogP) is 28.0. The summed E-state index contributed by atoms with van der Waals surface area (Å²) in [5.74, 6) is 3.11. The number of fused-ring (bicyclic) bond motifs is 10. The molecule has 6 aromatic heterocycles. The minimum absolute atomic E-state index is 0. The van der Waals surface area contributed by atoms with Crippen molar-refractivity contribution in [2.24, 2.45) is 0 Å². The van der Waals surface area contributed by atoms with Gasteiger partial charge in [0.25, 0.3) is 0 Å². The van der Waals surface area contributed by atoms with E-state index in [-0.39, 0.29) is 97.6 Å². The maximum absolute atomic E-state index is 12.7. The van der Waals surface area contributed by atoms with E-state index in [0.29, 0.717) is 36.1 Å². The topological polar surface area (TPSA) is 148 Å². The summed E-state index contributed by atoms with van der Waals surface area (Å²) in [6, 6.07) is 105. The molecule has 129 heavy (non-hydrogen) atoms. The third-order valence-corrected chi connectivity index (χ3v) is 22.7. The van der Waals surface area contributed by atoms with E-state index in [1.54, 1.807) is 24.5 Å². The molecule has 0 saturated carbocycles. The number of nitrogens with zero attached hydrogens (tertiary/aromatic N) is 8. The predicted molar refractivity (Wildman–Crippen MR) is 491 cm³/mol. The first-order chi connectivity index (χ1) is 60.8. The molecule has 1 unspecified atom stereocenters. The first-order valence-electron chi connectivity index (χ1n) is 42.4. The van der Waals surface area contributed by atoms with Crippen molar-refractivity contribution in [3.05, 3.63) is 384 Å². The normalized spacial score (nSPS) is 12.4. The molecule has 19 rings (SSSR count). The van der Waals surface area contributed by atoms with Gasteiger partial charge < -0.3 is 38.2 Å². The van der Waals surface area contributed by atoms with Crippen molar-refractivity contribution in [3.63, 3.8) is 0 Å². The van der Waals surface area contributed by atoms with Crippen LogP contribution in [0.1, 0.15) is 129 Å². The Balaban J connectivity index is 0.000000165. The summed E-state index contributed by atoms with van der Waals surface area (Å²) in [5.41, 5.74) is 30.5. The minimum atomic E-state index is -4.39. The molecule has 2 aliphatic carbocycles. The molecule has 0 saturated heterocycles. The van der Waals surface area contributed by atoms with Crippen molar-refractivity contribution in [1.29, 1.82) is 0 Å². The summed E-state index contributed by atoms with van der Waals surface area (Å²) < 4.78 is 62.7. The molecule has 11 aromatic carbocycles. The second-order valence-corrected chi connectivity index (χ2v) is 32.4. The molecular formula is C110H93F3Ir4N8O4-4. The maximum atomic E-state index is 12.7. The number of alkyl halides is 3. The Hall–Kier alpha value is -11.7. The van der Waals surface area contributed by atoms with E-state index < -0.39 is 17.2 Å². The number of rotatable bonds is 20. The van der Waals surface area contributed by atoms with Crippen LogP contribution in [0.2, 0.25) is 0 Å². The molecule has 12 nitrogen and oxygen atoms in total. The fourth-order valence-electron chi connectivity index (χ4n) is 16.0. The van der Waals surface area contributed by atoms with Crippen LogP contribution < -0.4 is 9.47 Å². The fourth-order valence-corrected chi connectivity index (χ4v) is 16.0. The SMILES string of the molecule is CC(C)(C)c1ccc(-c2nnc(-c3cc[c-]c(-c4ccccn4)c3)o2)cc1.CCCCCOc1cc2c(cc1OCCCCC)C1(c3ccccc3-c3cc(-c4cc[c-]c(-c5ccccn5)c4)ccc31)c1cc(C)c(C)cc1-2.Cc1ccc(C)c(-c2cc[c-]c(-c3ccccn3)c2)c1.FC(F)(F)c1ccc(-c2nnc(-c3cc[c-]c(-c4ccccn4)c3)o2)cc1.[Ir].[Ir].[Ir].[Ir]. The van der Waals surface area contributed by atoms with Crippen molar-refractivity contribution in [1.82, 2.24) is 40.3 Å². The number of halogens is 3. The second-order valence-electron chi connectivity index (χ2n) is 32.4. The first-order valence-corrected chi connectivity index (χ1v) is 42.4. The number of pyridine rings is 4. The van der Waals surface area contributed by atoms with Crippen LogP contribution in [0.15, 0.2) is 313 Å². The molecule has 2 aliphatic rings. The van der Waals surface area contributed by atoms with Gasteiger partial charge in [0.15, 0.2) is 11.5 Å². The number of hydrogen-bond acceptors (Lipinski definition) is 12. The molecule has 0 aliphatic heterocycles. The Morgan fingerprint density at radius 2 is 0.713 bits per heavy atom. The van der Waals surface area contributed by atoms with Gasteiger partial charge in [-0.2, -0.15) is 13.2 Å². The van der Waals surface area contributed by atoms with Gasteiger partial charge in [0.05, 0.1) is 24.2 Å². The summed E-state index contributed by atoms with van der Waals surface area (Å²) in [4.78, 5) is 17.6. The Morgan fingerprint density at radius 3 is 1.19 bits per heavy atom. The van der Waals surface area contributed by atoms with Crippen LogP contribution in [-0.4, -0.2) is 53.5 Å². The number of aryl methyl sites for hydroxylation is 4. The average Bonchev–Trinajstić information content (AvgIpc) is 1.50. The zero-order chi connectivity index (χ0) is 86.6. The van der Waals surface area contributed by atoms with Gasteiger partial charge in [0, 0.05) is 116 Å². The van der Waals surface area contributed by atoms with Crippen LogP contribution in [0.5, 0.6) is 11.5 Å². The third kappa shape index (κ3) is 21.9. The zero-order valence-corrected chi connectivity index (χ0v) is 82.3. The van der Waals surface area contributed by atoms with Crippen LogP contribution in [0.25, 0.3) is 135 Å². The van der Waals surface area contributed by atoms with E-state index in [0.717, 1.165) is 124 Å². The van der Waals surface area contributed by atoms with Gasteiger partial charge >= 0.3 is 6.18 Å². The smallest absolute Gasteiger partial charge is 0.416 e. The molecule has 0 N–H and O–H groups in total. The van der Waals surface area contributed by atoms with Crippen LogP contribution in [0, 0.1) is 52.0 Å². The Labute approximate surface area is 807 Å². The van der Waals surface area contributed by atoms with Gasteiger partial charge in [-0.15, -0.1) is 151 Å². The standard InChI is InChI=1S/C48H46NO2.C23H20N3O.C20H11F3N3O.C19H16N.4Ir/c1-5-7-13-24-50-46-30-40-38-26-32(3)33(4)27-43(38)48(44(40)31-47(46)51-25-14-8-6-2)41-19-10-9-18-37(41)39-29-35(21-22-42(39)48)34-16-15-17-36(28-34)45-20-11-12-23-49-45;1-23(2,3)19-12-10-16(11-13-19)21-25-26-22(27-21)18-8-6-7-17(15-18)20-9-4-5-14-24-20;21-20(22,23)16-9-7-13(8-10-16)18-25-26-19(27-18)15-5-3-4-14(12-15)17-6-1-2-11-24-17;1-14-9-10-15(2)18(12-14)16-6-5-7-17(13-16)19-8-3-4-11-20-19;;;;/h9-12,15-16,18-23,26-31H,5-8,13-14,24-25H2,1-4H3;4-6,8-15H,1-3H3;1-3,5-12H;3-6,8-13H,1-2H3;;;;/q4*-1;;;;. The number of hydrogen-bond donors (Lipinski definition) is 0. The molecule has 6 heterocycles. The van der Waals surface area contributed by atoms with Crippen LogP contribution in [0.4, 0.5) is 13.2 Å². The summed E-state index contributed by atoms with van der Waals surface area (Å²) in [6.45, 7) is 21.2. The van der Waals surface area contributed by atoms with Gasteiger partial charge in [-0.3, -0.25) is 0 Å². The second kappa shape index (κ2) is 43.6. The summed E-state index contributed by atoms with van der Waals surface area (Å²) in [5, 5.41) is 16.4. The van der Waals surface area contributed by atoms with E-state index in [1.165, 1.54) is 101 Å². The summed E-state index contributed by atoms with van der Waals surface area (Å²) >= 11 is 0. The third-order valence-electron chi connectivity index (χ3n) is 22.7. The molecule has 1 spiro atoms. The molecule has 19 heteroatoms. The van der Waals surface area contributed by atoms with E-state index in [1.807, 2.05) is 134 Å². The minimum Gasteiger partial charge on any atom is -0.490 e. The first kappa shape index (κ1) is 96.4. The number of benzene rings is 11. The molecule has 658 valence electrons. The van der Waals surface area contributed by atoms with Gasteiger partial charge in [-0.05, 0) is 237 Å². The Bertz CT molecular complexity index is 6440. The summed E-state index contributed by atoms with van der Waals surface area (Å²) in [7, 11) is 0. The molecule has 17 aromatic rings. The molecule has 0 bridgehead atoms. The van der Waals surface area contributed by atoms with E-state index in [9.17, 15) is 13.2 Å². The van der Waals surface area contributed by atoms with Crippen molar-refractivity contribution in [2.45, 2.75) is 118 Å². The molecule has 0 amide bonds. The Morgan fingerprint density at radius 1 is 0.326 bits per heavy atom. The van der Waals surface area contributed by atoms with Gasteiger partial charge in [-0.25, -0.2) is 0 Å². The number of unbranched alkanes of at least 4 members (excludes halogenated alkanes) is 4. The van der Waals surface area contributed by atoms with Crippen LogP contribution >= 0.6 is 0 Å². The van der Waals surface area contributed by atoms with Crippen molar-refractivity contribution in [3.8, 4) is 147 Å². The fraction of sp³-hybridized carbons (Fsp3) is 0.182. The zero-order valence-electron chi connectivity index (χ0n) is 72.7. The van der Waals surface area contributed by atoms with Gasteiger partial charge in [0.2, 0.25) is 23.6 Å². The van der Waals surface area contributed by atoms with Crippen molar-refractivity contribution in [2.75, 3.05) is 13.2 Å². The quantitative estimate of drug-likeness (QED) is 0.0528.